The van der Waals surface area contributed by atoms with Crippen LogP contribution in [-0.2, 0) is 61.2 Å². The highest BCUT2D eigenvalue weighted by molar-refractivity contribution is 7.47. The minimum atomic E-state index is -5.72. The highest BCUT2D eigenvalue weighted by Gasteiger charge is 2.58. The molecule has 0 amide bonds. The molecule has 0 bridgehead atoms. The maximum absolute atomic E-state index is 14.3. The van der Waals surface area contributed by atoms with Crippen molar-refractivity contribution in [2.24, 2.45) is 0 Å². The van der Waals surface area contributed by atoms with E-state index in [2.05, 4.69) is 20.8 Å². The zero-order valence-corrected chi connectivity index (χ0v) is 59.3. The van der Waals surface area contributed by atoms with E-state index in [1.165, 1.54) is 147 Å². The molecule has 96 heavy (non-hydrogen) atoms. The lowest BCUT2D eigenvalue weighted by molar-refractivity contribution is -0.360. The van der Waals surface area contributed by atoms with Crippen molar-refractivity contribution in [2.45, 2.75) is 382 Å². The molecule has 3 fully saturated rings. The average molecular weight is 1400 g/mol. The zero-order valence-electron chi connectivity index (χ0n) is 58.4. The van der Waals surface area contributed by atoms with Crippen molar-refractivity contribution >= 4 is 25.7 Å². The van der Waals surface area contributed by atoms with Crippen LogP contribution in [0.3, 0.4) is 0 Å². The molecular formula is C71H129O24P. The van der Waals surface area contributed by atoms with Gasteiger partial charge in [-0.2, -0.15) is 0 Å². The topological polar surface area (TPSA) is 374 Å². The molecule has 0 aromatic heterocycles. The summed E-state index contributed by atoms with van der Waals surface area (Å²) in [5.41, 5.74) is 0. The van der Waals surface area contributed by atoms with Gasteiger partial charge in [-0.1, -0.05) is 257 Å². The van der Waals surface area contributed by atoms with Crippen LogP contribution in [-0.4, -0.2) is 204 Å². The Morgan fingerprint density at radius 3 is 1.21 bits per heavy atom. The molecule has 0 aromatic carbocycles. The van der Waals surface area contributed by atoms with Gasteiger partial charge in [0.15, 0.2) is 18.7 Å². The largest absolute Gasteiger partial charge is 0.472 e. The van der Waals surface area contributed by atoms with Gasteiger partial charge in [-0.05, 0) is 25.7 Å². The number of hydrogen-bond donors (Lipinski definition) is 11. The van der Waals surface area contributed by atoms with Crippen molar-refractivity contribution in [1.82, 2.24) is 0 Å². The maximum atomic E-state index is 14.3. The van der Waals surface area contributed by atoms with E-state index in [4.69, 9.17) is 42.2 Å². The smallest absolute Gasteiger partial charge is 0.463 e. The third kappa shape index (κ3) is 36.4. The molecule has 2 saturated heterocycles. The highest BCUT2D eigenvalue weighted by Crippen LogP contribution is 2.49. The zero-order chi connectivity index (χ0) is 70.4. The quantitative estimate of drug-likeness (QED) is 0.00673. The molecule has 3 rings (SSSR count). The Balaban J connectivity index is 1.75. The van der Waals surface area contributed by atoms with Gasteiger partial charge in [0.25, 0.3) is 0 Å². The van der Waals surface area contributed by atoms with Crippen LogP contribution in [0.5, 0.6) is 0 Å². The van der Waals surface area contributed by atoms with Crippen LogP contribution in [0.25, 0.3) is 0 Å². The molecule has 1 aliphatic carbocycles. The van der Waals surface area contributed by atoms with Gasteiger partial charge in [0, 0.05) is 18.9 Å². The first-order chi connectivity index (χ1) is 46.3. The van der Waals surface area contributed by atoms with Gasteiger partial charge < -0.3 is 89.1 Å². The van der Waals surface area contributed by atoms with Crippen molar-refractivity contribution < 1.29 is 117 Å². The SMILES string of the molecule is CCCCCCCCCCCCC/C=C/C=C/C(=O)OC(COC(=O)CCCCCCCCCCCCC)COP(=O)(O)OC1C(OC2OC(CO)C(O)C(O)C2O)C(O)C(O)C(O)C1OC1OC(COC(=O)CCCCCCCCCCCCCCCCC)C(O)C(O)C1O. The predicted octanol–water partition coefficient (Wildman–Crippen LogP) is 9.74. The average Bonchev–Trinajstić information content (AvgIpc) is 0.765. The molecule has 1 saturated carbocycles. The van der Waals surface area contributed by atoms with Gasteiger partial charge in [-0.25, -0.2) is 9.36 Å². The summed E-state index contributed by atoms with van der Waals surface area (Å²) in [6.07, 6.45) is 13.3. The molecule has 0 radical (unpaired) electrons. The van der Waals surface area contributed by atoms with E-state index in [0.717, 1.165) is 96.0 Å². The molecule has 2 heterocycles. The fourth-order valence-electron chi connectivity index (χ4n) is 12.3. The van der Waals surface area contributed by atoms with Crippen molar-refractivity contribution in [2.75, 3.05) is 26.4 Å². The molecule has 0 spiro atoms. The van der Waals surface area contributed by atoms with Gasteiger partial charge in [-0.3, -0.25) is 18.6 Å². The first-order valence-electron chi connectivity index (χ1n) is 37.2. The Hall–Kier alpha value is -2.56. The van der Waals surface area contributed by atoms with Crippen LogP contribution in [0.2, 0.25) is 0 Å². The van der Waals surface area contributed by atoms with Crippen LogP contribution in [0.1, 0.15) is 278 Å². The third-order valence-electron chi connectivity index (χ3n) is 18.3. The molecule has 0 aromatic rings. The summed E-state index contributed by atoms with van der Waals surface area (Å²) < 4.78 is 64.7. The van der Waals surface area contributed by atoms with Crippen molar-refractivity contribution in [3.63, 3.8) is 0 Å². The Morgan fingerprint density at radius 2 is 0.792 bits per heavy atom. The summed E-state index contributed by atoms with van der Waals surface area (Å²) >= 11 is 0. The summed E-state index contributed by atoms with van der Waals surface area (Å²) in [5, 5.41) is 110. The maximum Gasteiger partial charge on any atom is 0.472 e. The highest BCUT2D eigenvalue weighted by atomic mass is 31.2. The predicted molar refractivity (Wildman–Crippen MR) is 361 cm³/mol. The van der Waals surface area contributed by atoms with E-state index in [0.29, 0.717) is 12.8 Å². The van der Waals surface area contributed by atoms with E-state index in [9.17, 15) is 74.9 Å². The van der Waals surface area contributed by atoms with E-state index in [1.807, 2.05) is 6.08 Å². The number of phosphoric acid groups is 1. The number of carbonyl (C=O) groups is 3. The third-order valence-corrected chi connectivity index (χ3v) is 19.3. The van der Waals surface area contributed by atoms with Crippen LogP contribution < -0.4 is 0 Å². The Bertz CT molecular complexity index is 2090. The number of hydrogen-bond acceptors (Lipinski definition) is 23. The minimum absolute atomic E-state index is 0.0280. The second-order valence-electron chi connectivity index (χ2n) is 26.7. The number of allylic oxidation sites excluding steroid dienone is 3. The minimum Gasteiger partial charge on any atom is -0.463 e. The summed E-state index contributed by atoms with van der Waals surface area (Å²) in [7, 11) is -5.72. The number of esters is 3. The lowest BCUT2D eigenvalue weighted by Crippen LogP contribution is -2.69. The molecule has 2 aliphatic heterocycles. The summed E-state index contributed by atoms with van der Waals surface area (Å²) in [6, 6.07) is 0. The summed E-state index contributed by atoms with van der Waals surface area (Å²) in [4.78, 5) is 50.8. The second-order valence-corrected chi connectivity index (χ2v) is 28.1. The molecule has 24 nitrogen and oxygen atoms in total. The van der Waals surface area contributed by atoms with Gasteiger partial charge in [-0.15, -0.1) is 0 Å². The van der Waals surface area contributed by atoms with Crippen LogP contribution in [0.15, 0.2) is 24.3 Å². The van der Waals surface area contributed by atoms with Crippen LogP contribution in [0.4, 0.5) is 0 Å². The molecule has 11 N–H and O–H groups in total. The molecule has 3 aliphatic rings. The fourth-order valence-corrected chi connectivity index (χ4v) is 13.2. The molecule has 18 atom stereocenters. The lowest BCUT2D eigenvalue weighted by atomic mass is 9.84. The van der Waals surface area contributed by atoms with Crippen molar-refractivity contribution in [3.05, 3.63) is 24.3 Å². The number of carbonyl (C=O) groups excluding carboxylic acids is 3. The van der Waals surface area contributed by atoms with Crippen LogP contribution >= 0.6 is 7.82 Å². The number of unbranched alkanes of at least 4 members (excludes halogenated alkanes) is 35. The number of aliphatic hydroxyl groups is 10. The van der Waals surface area contributed by atoms with Crippen molar-refractivity contribution in [3.8, 4) is 0 Å². The molecule has 18 unspecified atom stereocenters. The van der Waals surface area contributed by atoms with Gasteiger partial charge in [0.1, 0.15) is 98.7 Å². The second kappa shape index (κ2) is 53.3. The number of phosphoric ester groups is 1. The van der Waals surface area contributed by atoms with E-state index in [-0.39, 0.29) is 12.8 Å². The van der Waals surface area contributed by atoms with E-state index >= 15 is 0 Å². The molecule has 25 heteroatoms. The van der Waals surface area contributed by atoms with E-state index < -0.39 is 156 Å². The normalized spacial score (nSPS) is 28.1. The Kier molecular flexibility index (Phi) is 48.7. The number of rotatable bonds is 57. The van der Waals surface area contributed by atoms with E-state index in [1.54, 1.807) is 6.08 Å². The monoisotopic (exact) mass is 1400 g/mol. The Morgan fingerprint density at radius 1 is 0.427 bits per heavy atom. The number of ether oxygens (including phenoxy) is 7. The first-order valence-corrected chi connectivity index (χ1v) is 38.7. The van der Waals surface area contributed by atoms with Crippen LogP contribution in [0, 0.1) is 0 Å². The molecule has 562 valence electrons. The summed E-state index contributed by atoms with van der Waals surface area (Å²) in [5.74, 6) is -2.24. The standard InChI is InChI=1S/C71H129O24P/c1-4-7-10-13-16-19-22-24-26-28-31-34-37-40-43-46-56(74)88-51-54-59(77)61(79)66(84)71(92-54)94-68-64(82)62(80)63(81)67(93-70-65(83)60(78)58(76)53(48-72)91-70)69(68)95-96(85,86)89-50-52(49-87-55(73)45-42-39-36-33-30-21-18-15-12-9-6-3)90-57(75)47-44-41-38-35-32-29-27-25-23-20-17-14-11-8-5-2/h38,41,44,47,52-54,58-72,76-84H,4-37,39-40,42-43,45-46,48-51H2,1-3H3,(H,85,86)/b41-38+,47-44+. The lowest BCUT2D eigenvalue weighted by Gasteiger charge is -2.49. The van der Waals surface area contributed by atoms with Gasteiger partial charge >= 0.3 is 25.7 Å². The van der Waals surface area contributed by atoms with Gasteiger partial charge in [0.05, 0.1) is 13.2 Å². The van der Waals surface area contributed by atoms with Gasteiger partial charge in [0.2, 0.25) is 0 Å². The summed E-state index contributed by atoms with van der Waals surface area (Å²) in [6.45, 7) is 3.33. The molecular weight excluding hydrogens is 1270 g/mol. The first kappa shape index (κ1) is 87.7. The Labute approximate surface area is 573 Å². The fraction of sp³-hybridized carbons (Fsp3) is 0.901. The number of aliphatic hydroxyl groups excluding tert-OH is 10. The van der Waals surface area contributed by atoms with Crippen molar-refractivity contribution in [1.29, 1.82) is 0 Å².